The molecule has 0 bridgehead atoms. The van der Waals surface area contributed by atoms with Gasteiger partial charge < -0.3 is 14.5 Å². The molecule has 0 aliphatic heterocycles. The van der Waals surface area contributed by atoms with Gasteiger partial charge in [-0.2, -0.15) is 0 Å². The Labute approximate surface area is 141 Å². The topological polar surface area (TPSA) is 51.3 Å². The van der Waals surface area contributed by atoms with Gasteiger partial charge in [-0.25, -0.2) is 4.79 Å². The minimum atomic E-state index is -4.80. The number of halogens is 3. The maximum absolute atomic E-state index is 12.7. The number of carbonyl (C=O) groups is 1. The molecule has 0 atom stereocenters. The maximum Gasteiger partial charge on any atom is 0.573 e. The molecule has 0 aliphatic carbocycles. The molecule has 3 rings (SSSR count). The van der Waals surface area contributed by atoms with Crippen LogP contribution in [0.3, 0.4) is 0 Å². The van der Waals surface area contributed by atoms with E-state index < -0.39 is 12.3 Å². The number of aromatic amines is 1. The van der Waals surface area contributed by atoms with Gasteiger partial charge in [0.1, 0.15) is 11.4 Å². The molecule has 1 aromatic heterocycles. The minimum Gasteiger partial charge on any atom is -0.461 e. The van der Waals surface area contributed by atoms with Gasteiger partial charge in [-0.05, 0) is 19.1 Å². The van der Waals surface area contributed by atoms with Gasteiger partial charge in [-0.3, -0.25) is 0 Å². The zero-order valence-electron chi connectivity index (χ0n) is 13.2. The van der Waals surface area contributed by atoms with E-state index in [9.17, 15) is 18.0 Å². The van der Waals surface area contributed by atoms with Gasteiger partial charge in [0.05, 0.1) is 12.1 Å². The van der Waals surface area contributed by atoms with E-state index in [1.807, 2.05) is 0 Å². The molecule has 0 amide bonds. The first kappa shape index (κ1) is 16.9. The van der Waals surface area contributed by atoms with Crippen LogP contribution < -0.4 is 4.74 Å². The summed E-state index contributed by atoms with van der Waals surface area (Å²) >= 11 is 0. The van der Waals surface area contributed by atoms with Crippen LogP contribution in [0.1, 0.15) is 17.4 Å². The average molecular weight is 349 g/mol. The largest absolute Gasteiger partial charge is 0.573 e. The molecule has 1 N–H and O–H groups in total. The van der Waals surface area contributed by atoms with Crippen LogP contribution in [0.15, 0.2) is 48.5 Å². The lowest BCUT2D eigenvalue weighted by Gasteiger charge is -2.13. The van der Waals surface area contributed by atoms with Crippen LogP contribution in [0.25, 0.3) is 22.0 Å². The first-order valence-electron chi connectivity index (χ1n) is 7.53. The second-order valence-electron chi connectivity index (χ2n) is 5.22. The molecule has 0 saturated heterocycles. The van der Waals surface area contributed by atoms with Crippen LogP contribution in [0.2, 0.25) is 0 Å². The van der Waals surface area contributed by atoms with Crippen molar-refractivity contribution >= 4 is 16.9 Å². The van der Waals surface area contributed by atoms with E-state index in [2.05, 4.69) is 9.72 Å². The van der Waals surface area contributed by atoms with Crippen molar-refractivity contribution < 1.29 is 27.4 Å². The predicted molar refractivity (Wildman–Crippen MR) is 86.4 cm³/mol. The summed E-state index contributed by atoms with van der Waals surface area (Å²) < 4.78 is 47.0. The molecule has 0 spiro atoms. The van der Waals surface area contributed by atoms with Crippen LogP contribution in [-0.2, 0) is 4.74 Å². The Bertz CT molecular complexity index is 915. The van der Waals surface area contributed by atoms with Crippen molar-refractivity contribution in [3.63, 3.8) is 0 Å². The molecule has 130 valence electrons. The summed E-state index contributed by atoms with van der Waals surface area (Å²) in [6.07, 6.45) is -4.80. The van der Waals surface area contributed by atoms with Crippen LogP contribution in [0, 0.1) is 0 Å². The molecule has 0 radical (unpaired) electrons. The zero-order chi connectivity index (χ0) is 18.0. The van der Waals surface area contributed by atoms with Gasteiger partial charge >= 0.3 is 12.3 Å². The Hall–Kier alpha value is -2.96. The molecule has 7 heteroatoms. The highest BCUT2D eigenvalue weighted by molar-refractivity contribution is 6.01. The molecule has 0 saturated carbocycles. The quantitative estimate of drug-likeness (QED) is 0.681. The van der Waals surface area contributed by atoms with Crippen molar-refractivity contribution in [1.82, 2.24) is 4.98 Å². The second-order valence-corrected chi connectivity index (χ2v) is 5.22. The zero-order valence-corrected chi connectivity index (χ0v) is 13.2. The molecule has 3 aromatic rings. The fraction of sp³-hybridized carbons (Fsp3) is 0.167. The lowest BCUT2D eigenvalue weighted by atomic mass is 10.0. The number of hydrogen-bond donors (Lipinski definition) is 1. The summed E-state index contributed by atoms with van der Waals surface area (Å²) in [4.78, 5) is 14.8. The smallest absolute Gasteiger partial charge is 0.461 e. The number of fused-ring (bicyclic) bond motifs is 1. The molecule has 25 heavy (non-hydrogen) atoms. The highest BCUT2D eigenvalue weighted by Crippen LogP contribution is 2.37. The van der Waals surface area contributed by atoms with Crippen LogP contribution in [-0.4, -0.2) is 23.9 Å². The van der Waals surface area contributed by atoms with E-state index >= 15 is 0 Å². The SMILES string of the molecule is CCOC(=O)c1cc2cccc(-c3ccccc3OC(F)(F)F)c2[nH]1. The number of para-hydroxylation sites is 2. The molecule has 4 nitrogen and oxygen atoms in total. The summed E-state index contributed by atoms with van der Waals surface area (Å²) in [5.74, 6) is -0.834. The summed E-state index contributed by atoms with van der Waals surface area (Å²) in [6, 6.07) is 12.6. The third-order valence-electron chi connectivity index (χ3n) is 3.55. The number of esters is 1. The number of nitrogens with one attached hydrogen (secondary N) is 1. The Morgan fingerprint density at radius 3 is 2.52 bits per heavy atom. The van der Waals surface area contributed by atoms with Crippen LogP contribution in [0.4, 0.5) is 13.2 Å². The van der Waals surface area contributed by atoms with Crippen molar-refractivity contribution in [2.75, 3.05) is 6.61 Å². The number of benzene rings is 2. The third kappa shape index (κ3) is 3.60. The molecular formula is C18H14F3NO3. The summed E-state index contributed by atoms with van der Waals surface area (Å²) in [6.45, 7) is 1.92. The van der Waals surface area contributed by atoms with Gasteiger partial charge in [0.2, 0.25) is 0 Å². The summed E-state index contributed by atoms with van der Waals surface area (Å²) in [5, 5.41) is 0.683. The van der Waals surface area contributed by atoms with E-state index in [0.29, 0.717) is 16.5 Å². The Kier molecular flexibility index (Phi) is 4.39. The maximum atomic E-state index is 12.7. The summed E-state index contributed by atoms with van der Waals surface area (Å²) in [7, 11) is 0. The lowest BCUT2D eigenvalue weighted by molar-refractivity contribution is -0.274. The number of alkyl halides is 3. The van der Waals surface area contributed by atoms with Gasteiger partial charge in [0, 0.05) is 16.5 Å². The summed E-state index contributed by atoms with van der Waals surface area (Å²) in [5.41, 5.74) is 1.53. The van der Waals surface area contributed by atoms with Crippen LogP contribution in [0.5, 0.6) is 5.75 Å². The Morgan fingerprint density at radius 2 is 1.80 bits per heavy atom. The molecule has 0 aliphatic rings. The Balaban J connectivity index is 2.12. The highest BCUT2D eigenvalue weighted by atomic mass is 19.4. The van der Waals surface area contributed by atoms with E-state index in [0.717, 1.165) is 0 Å². The van der Waals surface area contributed by atoms with Gasteiger partial charge in [-0.1, -0.05) is 36.4 Å². The molecular weight excluding hydrogens is 335 g/mol. The van der Waals surface area contributed by atoms with Gasteiger partial charge in [0.15, 0.2) is 0 Å². The fourth-order valence-corrected chi connectivity index (χ4v) is 2.60. The number of rotatable bonds is 4. The van der Waals surface area contributed by atoms with Crippen molar-refractivity contribution in [2.24, 2.45) is 0 Å². The minimum absolute atomic E-state index is 0.226. The molecule has 1 heterocycles. The van der Waals surface area contributed by atoms with E-state index in [1.165, 1.54) is 18.2 Å². The highest BCUT2D eigenvalue weighted by Gasteiger charge is 2.32. The number of carbonyl (C=O) groups excluding carboxylic acids is 1. The number of ether oxygens (including phenoxy) is 2. The first-order valence-corrected chi connectivity index (χ1v) is 7.53. The van der Waals surface area contributed by atoms with Gasteiger partial charge in [-0.15, -0.1) is 13.2 Å². The lowest BCUT2D eigenvalue weighted by Crippen LogP contribution is -2.17. The molecule has 0 unspecified atom stereocenters. The van der Waals surface area contributed by atoms with E-state index in [4.69, 9.17) is 4.74 Å². The van der Waals surface area contributed by atoms with E-state index in [-0.39, 0.29) is 23.6 Å². The van der Waals surface area contributed by atoms with Crippen molar-refractivity contribution in [3.8, 4) is 16.9 Å². The molecule has 0 fully saturated rings. The van der Waals surface area contributed by atoms with Crippen molar-refractivity contribution in [3.05, 3.63) is 54.2 Å². The Morgan fingerprint density at radius 1 is 1.08 bits per heavy atom. The fourth-order valence-electron chi connectivity index (χ4n) is 2.60. The first-order chi connectivity index (χ1) is 11.9. The van der Waals surface area contributed by atoms with Crippen molar-refractivity contribution in [1.29, 1.82) is 0 Å². The van der Waals surface area contributed by atoms with Crippen molar-refractivity contribution in [2.45, 2.75) is 13.3 Å². The standard InChI is InChI=1S/C18H14F3NO3/c1-2-24-17(23)14-10-11-6-5-8-13(16(11)22-14)12-7-3-4-9-15(12)25-18(19,20)21/h3-10,22H,2H2,1H3. The normalized spacial score (nSPS) is 11.5. The predicted octanol–water partition coefficient (Wildman–Crippen LogP) is 4.91. The van der Waals surface area contributed by atoms with Gasteiger partial charge in [0.25, 0.3) is 0 Å². The number of aromatic nitrogens is 1. The number of H-pyrrole nitrogens is 1. The van der Waals surface area contributed by atoms with E-state index in [1.54, 1.807) is 37.3 Å². The number of hydrogen-bond acceptors (Lipinski definition) is 3. The molecule has 2 aromatic carbocycles. The second kappa shape index (κ2) is 6.51. The van der Waals surface area contributed by atoms with Crippen LogP contribution >= 0.6 is 0 Å². The average Bonchev–Trinajstić information content (AvgIpc) is 2.98. The monoisotopic (exact) mass is 349 g/mol. The third-order valence-corrected chi connectivity index (χ3v) is 3.55.